The van der Waals surface area contributed by atoms with Crippen LogP contribution in [0.4, 0.5) is 0 Å². The largest absolute Gasteiger partial charge is 0.293 e. The predicted octanol–water partition coefficient (Wildman–Crippen LogP) is 2.33. The molecule has 8 heteroatoms. The monoisotopic (exact) mass is 318 g/mol. The van der Waals surface area contributed by atoms with Crippen LogP contribution in [0.2, 0.25) is 5.02 Å². The number of fused-ring (bicyclic) bond motifs is 1. The number of halogens is 1. The molecule has 0 amide bonds. The number of carbonyl (C=O) groups excluding carboxylic acids is 1. The van der Waals surface area contributed by atoms with E-state index in [-0.39, 0.29) is 5.78 Å². The van der Waals surface area contributed by atoms with Gasteiger partial charge in [-0.1, -0.05) is 16.8 Å². The molecule has 0 radical (unpaired) electrons. The Hall–Kier alpha value is -2.28. The van der Waals surface area contributed by atoms with Gasteiger partial charge in [0.05, 0.1) is 21.8 Å². The molecule has 0 saturated heterocycles. The Balaban J connectivity index is 2.38. The molecule has 3 aromatic rings. The van der Waals surface area contributed by atoms with Crippen molar-refractivity contribution in [3.05, 3.63) is 27.7 Å². The van der Waals surface area contributed by atoms with E-state index in [1.165, 1.54) is 6.92 Å². The zero-order chi connectivity index (χ0) is 16.2. The summed E-state index contributed by atoms with van der Waals surface area (Å²) in [6.07, 6.45) is 0. The van der Waals surface area contributed by atoms with Crippen LogP contribution in [0.25, 0.3) is 16.9 Å². The van der Waals surface area contributed by atoms with Gasteiger partial charge in [0.1, 0.15) is 0 Å². The Morgan fingerprint density at radius 3 is 2.50 bits per heavy atom. The highest BCUT2D eigenvalue weighted by molar-refractivity contribution is 6.32. The maximum absolute atomic E-state index is 11.6. The number of hydrogen-bond donors (Lipinski definition) is 0. The second-order valence-corrected chi connectivity index (χ2v) is 5.65. The standard InChI is InChI=1S/C14H15ClN6O/c1-6-10-13(16-7(2)11(6)15)20(5)18-14(10)21-8(3)12(9(4)22)17-19-21/h1-5H3. The number of aromatic nitrogens is 6. The summed E-state index contributed by atoms with van der Waals surface area (Å²) in [4.78, 5) is 16.1. The molecule has 0 aromatic carbocycles. The summed E-state index contributed by atoms with van der Waals surface area (Å²) in [5.41, 5.74) is 3.33. The maximum atomic E-state index is 11.6. The quantitative estimate of drug-likeness (QED) is 0.678. The van der Waals surface area contributed by atoms with E-state index in [0.717, 1.165) is 16.6 Å². The molecule has 0 unspecified atom stereocenters. The van der Waals surface area contributed by atoms with Gasteiger partial charge in [0.2, 0.25) is 0 Å². The molecule has 7 nitrogen and oxygen atoms in total. The minimum Gasteiger partial charge on any atom is -0.293 e. The predicted molar refractivity (Wildman–Crippen MR) is 82.7 cm³/mol. The van der Waals surface area contributed by atoms with Crippen LogP contribution in [-0.2, 0) is 7.05 Å². The van der Waals surface area contributed by atoms with E-state index in [9.17, 15) is 4.79 Å². The summed E-state index contributed by atoms with van der Waals surface area (Å²) < 4.78 is 3.23. The third-order valence-corrected chi connectivity index (χ3v) is 4.28. The Bertz CT molecular complexity index is 923. The van der Waals surface area contributed by atoms with Gasteiger partial charge >= 0.3 is 0 Å². The van der Waals surface area contributed by atoms with Gasteiger partial charge in [-0.05, 0) is 26.3 Å². The topological polar surface area (TPSA) is 78.5 Å². The zero-order valence-corrected chi connectivity index (χ0v) is 13.7. The molecule has 3 aromatic heterocycles. The Morgan fingerprint density at radius 1 is 1.23 bits per heavy atom. The van der Waals surface area contributed by atoms with Crippen LogP contribution in [0.5, 0.6) is 0 Å². The highest BCUT2D eigenvalue weighted by Crippen LogP contribution is 2.30. The second-order valence-electron chi connectivity index (χ2n) is 5.27. The molecule has 0 atom stereocenters. The van der Waals surface area contributed by atoms with Gasteiger partial charge in [0, 0.05) is 14.0 Å². The van der Waals surface area contributed by atoms with Crippen LogP contribution >= 0.6 is 11.6 Å². The molecule has 22 heavy (non-hydrogen) atoms. The van der Waals surface area contributed by atoms with Gasteiger partial charge in [-0.15, -0.1) is 5.10 Å². The van der Waals surface area contributed by atoms with Gasteiger partial charge < -0.3 is 0 Å². The van der Waals surface area contributed by atoms with E-state index in [0.29, 0.717) is 27.9 Å². The molecule has 0 aliphatic carbocycles. The fourth-order valence-corrected chi connectivity index (χ4v) is 2.69. The number of ketones is 1. The first-order chi connectivity index (χ1) is 10.3. The normalized spacial score (nSPS) is 11.4. The van der Waals surface area contributed by atoms with Gasteiger partial charge in [-0.3, -0.25) is 4.79 Å². The van der Waals surface area contributed by atoms with Crippen LogP contribution in [0, 0.1) is 20.8 Å². The highest BCUT2D eigenvalue weighted by Gasteiger charge is 2.22. The third kappa shape index (κ3) is 1.93. The summed E-state index contributed by atoms with van der Waals surface area (Å²) in [5.74, 6) is 0.439. The van der Waals surface area contributed by atoms with Gasteiger partial charge in [-0.25, -0.2) is 9.67 Å². The average molecular weight is 319 g/mol. The molecule has 3 heterocycles. The van der Waals surface area contributed by atoms with Crippen molar-refractivity contribution in [1.82, 2.24) is 29.8 Å². The SMILES string of the molecule is CC(=O)c1nnn(-c2nn(C)c3nc(C)c(Cl)c(C)c23)c1C. The first-order valence-corrected chi connectivity index (χ1v) is 7.13. The van der Waals surface area contributed by atoms with E-state index in [1.54, 1.807) is 16.3 Å². The minimum absolute atomic E-state index is 0.132. The molecule has 0 spiro atoms. The Labute approximate surface area is 131 Å². The van der Waals surface area contributed by atoms with Crippen molar-refractivity contribution >= 4 is 28.4 Å². The number of Topliss-reactive ketones (excluding diaryl/α,β-unsaturated/α-hetero) is 1. The number of nitrogens with zero attached hydrogens (tertiary/aromatic N) is 6. The second kappa shape index (κ2) is 4.88. The third-order valence-electron chi connectivity index (χ3n) is 3.72. The molecular weight excluding hydrogens is 304 g/mol. The van der Waals surface area contributed by atoms with E-state index in [2.05, 4.69) is 20.4 Å². The number of hydrogen-bond acceptors (Lipinski definition) is 5. The molecule has 0 bridgehead atoms. The lowest BCUT2D eigenvalue weighted by molar-refractivity contribution is 0.101. The Kier molecular flexibility index (Phi) is 3.25. The van der Waals surface area contributed by atoms with E-state index < -0.39 is 0 Å². The maximum Gasteiger partial charge on any atom is 0.186 e. The molecule has 0 fully saturated rings. The summed E-state index contributed by atoms with van der Waals surface area (Å²) >= 11 is 6.32. The highest BCUT2D eigenvalue weighted by atomic mass is 35.5. The first-order valence-electron chi connectivity index (χ1n) is 6.76. The number of rotatable bonds is 2. The molecule has 0 aliphatic rings. The summed E-state index contributed by atoms with van der Waals surface area (Å²) in [6.45, 7) is 7.03. The van der Waals surface area contributed by atoms with Gasteiger partial charge in [0.15, 0.2) is 22.9 Å². The number of carbonyl (C=O) groups is 1. The molecule has 114 valence electrons. The van der Waals surface area contributed by atoms with Crippen molar-refractivity contribution in [3.8, 4) is 5.82 Å². The lowest BCUT2D eigenvalue weighted by atomic mass is 10.1. The fourth-order valence-electron chi connectivity index (χ4n) is 2.56. The van der Waals surface area contributed by atoms with Crippen LogP contribution in [0.15, 0.2) is 0 Å². The van der Waals surface area contributed by atoms with Gasteiger partial charge in [0.25, 0.3) is 0 Å². The van der Waals surface area contributed by atoms with Crippen molar-refractivity contribution in [1.29, 1.82) is 0 Å². The van der Waals surface area contributed by atoms with E-state index in [1.807, 2.05) is 20.9 Å². The molecule has 0 aliphatic heterocycles. The lowest BCUT2D eigenvalue weighted by Gasteiger charge is -2.05. The molecule has 3 rings (SSSR count). The van der Waals surface area contributed by atoms with Crippen molar-refractivity contribution in [3.63, 3.8) is 0 Å². The van der Waals surface area contributed by atoms with Crippen molar-refractivity contribution in [2.75, 3.05) is 0 Å². The molecule has 0 N–H and O–H groups in total. The van der Waals surface area contributed by atoms with Gasteiger partial charge in [-0.2, -0.15) is 9.78 Å². The van der Waals surface area contributed by atoms with Crippen molar-refractivity contribution < 1.29 is 4.79 Å². The average Bonchev–Trinajstić information content (AvgIpc) is 2.97. The minimum atomic E-state index is -0.132. The first kappa shape index (κ1) is 14.6. The number of aryl methyl sites for hydroxylation is 3. The lowest BCUT2D eigenvalue weighted by Crippen LogP contribution is -2.03. The van der Waals surface area contributed by atoms with Crippen LogP contribution in [0.1, 0.15) is 34.4 Å². The van der Waals surface area contributed by atoms with Crippen LogP contribution in [0.3, 0.4) is 0 Å². The molecular formula is C14H15ClN6O. The molecule has 0 saturated carbocycles. The summed E-state index contributed by atoms with van der Waals surface area (Å²) in [6, 6.07) is 0. The smallest absolute Gasteiger partial charge is 0.186 e. The van der Waals surface area contributed by atoms with Crippen LogP contribution in [-0.4, -0.2) is 35.5 Å². The number of pyridine rings is 1. The van der Waals surface area contributed by atoms with E-state index >= 15 is 0 Å². The summed E-state index contributed by atoms with van der Waals surface area (Å²) in [5, 5.41) is 13.9. The fraction of sp³-hybridized carbons (Fsp3) is 0.357. The van der Waals surface area contributed by atoms with E-state index in [4.69, 9.17) is 11.6 Å². The Morgan fingerprint density at radius 2 is 1.91 bits per heavy atom. The van der Waals surface area contributed by atoms with Crippen molar-refractivity contribution in [2.45, 2.75) is 27.7 Å². The van der Waals surface area contributed by atoms with Crippen molar-refractivity contribution in [2.24, 2.45) is 7.05 Å². The zero-order valence-electron chi connectivity index (χ0n) is 13.0. The van der Waals surface area contributed by atoms with Crippen LogP contribution < -0.4 is 0 Å². The summed E-state index contributed by atoms with van der Waals surface area (Å²) in [7, 11) is 1.81.